The van der Waals surface area contributed by atoms with Crippen LogP contribution in [0.4, 0.5) is 0 Å². The van der Waals surface area contributed by atoms with E-state index >= 15 is 0 Å². The quantitative estimate of drug-likeness (QED) is 0.804. The van der Waals surface area contributed by atoms with E-state index in [1.807, 2.05) is 0 Å². The Balaban J connectivity index is 1.40. The fourth-order valence-electron chi connectivity index (χ4n) is 4.30. The van der Waals surface area contributed by atoms with Gasteiger partial charge in [0.25, 0.3) is 10.0 Å². The molecule has 0 N–H and O–H groups in total. The Morgan fingerprint density at radius 1 is 1.21 bits per heavy atom. The smallest absolute Gasteiger partial charge is 0.262 e. The average molecular weight is 354 g/mol. The molecule has 0 saturated carbocycles. The van der Waals surface area contributed by atoms with Crippen molar-refractivity contribution < 1.29 is 13.2 Å². The number of sulfonamides is 1. The summed E-state index contributed by atoms with van der Waals surface area (Å²) in [7, 11) is -1.70. The van der Waals surface area contributed by atoms with Crippen LogP contribution in [0.1, 0.15) is 32.1 Å². The van der Waals surface area contributed by atoms with Crippen LogP contribution >= 0.6 is 0 Å². The van der Waals surface area contributed by atoms with E-state index in [4.69, 9.17) is 4.74 Å². The molecule has 0 aromatic carbocycles. The monoisotopic (exact) mass is 354 g/mol. The molecule has 8 heteroatoms. The molecule has 0 amide bonds. The highest BCUT2D eigenvalue weighted by Crippen LogP contribution is 2.39. The minimum atomic E-state index is -3.48. The highest BCUT2D eigenvalue weighted by Gasteiger charge is 2.46. The summed E-state index contributed by atoms with van der Waals surface area (Å²) in [5.74, 6) is 0. The average Bonchev–Trinajstić information content (AvgIpc) is 3.28. The van der Waals surface area contributed by atoms with Gasteiger partial charge in [0, 0.05) is 32.4 Å². The number of rotatable bonds is 3. The molecule has 1 aromatic heterocycles. The highest BCUT2D eigenvalue weighted by molar-refractivity contribution is 7.89. The summed E-state index contributed by atoms with van der Waals surface area (Å²) in [6.07, 6.45) is 8.28. The topological polar surface area (TPSA) is 67.7 Å². The van der Waals surface area contributed by atoms with Crippen molar-refractivity contribution in [2.45, 2.75) is 48.8 Å². The van der Waals surface area contributed by atoms with Gasteiger partial charge in [-0.15, -0.1) is 0 Å². The SMILES string of the molecule is Cn1cnc(S(=O)(=O)N2CCC3(CC2)C[C@H](N2CCCC2)CO3)c1. The van der Waals surface area contributed by atoms with Crippen molar-refractivity contribution in [1.29, 1.82) is 0 Å². The van der Waals surface area contributed by atoms with Crippen LogP contribution in [0.3, 0.4) is 0 Å². The van der Waals surface area contributed by atoms with Crippen LogP contribution in [-0.2, 0) is 21.8 Å². The Labute approximate surface area is 143 Å². The lowest BCUT2D eigenvalue weighted by Gasteiger charge is -2.38. The predicted molar refractivity (Wildman–Crippen MR) is 89.1 cm³/mol. The minimum absolute atomic E-state index is 0.122. The van der Waals surface area contributed by atoms with Gasteiger partial charge in [-0.1, -0.05) is 0 Å². The van der Waals surface area contributed by atoms with E-state index in [9.17, 15) is 8.42 Å². The van der Waals surface area contributed by atoms with Crippen molar-refractivity contribution in [3.05, 3.63) is 12.5 Å². The first-order valence-corrected chi connectivity index (χ1v) is 10.3. The third-order valence-corrected chi connectivity index (χ3v) is 7.55. The first kappa shape index (κ1) is 16.5. The number of imidazole rings is 1. The van der Waals surface area contributed by atoms with Crippen LogP contribution in [-0.4, -0.2) is 71.6 Å². The summed E-state index contributed by atoms with van der Waals surface area (Å²) in [4.78, 5) is 6.56. The third-order valence-electron chi connectivity index (χ3n) is 5.77. The summed E-state index contributed by atoms with van der Waals surface area (Å²) in [6, 6.07) is 0.520. The molecule has 3 aliphatic rings. The first-order valence-electron chi connectivity index (χ1n) is 8.85. The Morgan fingerprint density at radius 3 is 2.54 bits per heavy atom. The summed E-state index contributed by atoms with van der Waals surface area (Å²) in [6.45, 7) is 4.21. The molecule has 134 valence electrons. The molecular formula is C16H26N4O3S. The second-order valence-electron chi connectivity index (χ2n) is 7.38. The number of likely N-dealkylation sites (tertiary alicyclic amines) is 1. The second kappa shape index (κ2) is 6.09. The number of ether oxygens (including phenoxy) is 1. The van der Waals surface area contributed by atoms with Crippen LogP contribution in [0.25, 0.3) is 0 Å². The maximum atomic E-state index is 12.7. The van der Waals surface area contributed by atoms with Gasteiger partial charge in [-0.3, -0.25) is 4.90 Å². The molecule has 1 atom stereocenters. The molecule has 3 fully saturated rings. The molecule has 0 bridgehead atoms. The number of hydrogen-bond donors (Lipinski definition) is 0. The van der Waals surface area contributed by atoms with Gasteiger partial charge in [-0.25, -0.2) is 13.4 Å². The van der Waals surface area contributed by atoms with Crippen LogP contribution < -0.4 is 0 Å². The lowest BCUT2D eigenvalue weighted by molar-refractivity contribution is -0.0316. The van der Waals surface area contributed by atoms with Crippen LogP contribution in [0.15, 0.2) is 17.6 Å². The van der Waals surface area contributed by atoms with E-state index in [-0.39, 0.29) is 10.6 Å². The molecule has 24 heavy (non-hydrogen) atoms. The van der Waals surface area contributed by atoms with Gasteiger partial charge >= 0.3 is 0 Å². The maximum absolute atomic E-state index is 12.7. The van der Waals surface area contributed by atoms with Crippen molar-refractivity contribution >= 4 is 10.0 Å². The van der Waals surface area contributed by atoms with E-state index in [0.29, 0.717) is 19.1 Å². The molecule has 0 radical (unpaired) electrons. The van der Waals surface area contributed by atoms with E-state index in [2.05, 4.69) is 9.88 Å². The number of aromatic nitrogens is 2. The van der Waals surface area contributed by atoms with E-state index < -0.39 is 10.0 Å². The number of aryl methyl sites for hydroxylation is 1. The van der Waals surface area contributed by atoms with Crippen molar-refractivity contribution in [3.8, 4) is 0 Å². The molecular weight excluding hydrogens is 328 g/mol. The van der Waals surface area contributed by atoms with Crippen LogP contribution in [0.5, 0.6) is 0 Å². The second-order valence-corrected chi connectivity index (χ2v) is 9.26. The zero-order valence-corrected chi connectivity index (χ0v) is 15.0. The molecule has 0 aliphatic carbocycles. The Bertz CT molecular complexity index is 688. The van der Waals surface area contributed by atoms with Crippen LogP contribution in [0, 0.1) is 0 Å². The predicted octanol–water partition coefficient (Wildman–Crippen LogP) is 0.828. The van der Waals surface area contributed by atoms with Gasteiger partial charge in [-0.2, -0.15) is 4.31 Å². The first-order chi connectivity index (χ1) is 11.5. The van der Waals surface area contributed by atoms with Crippen molar-refractivity contribution in [2.24, 2.45) is 7.05 Å². The fourth-order valence-corrected chi connectivity index (χ4v) is 5.71. The maximum Gasteiger partial charge on any atom is 0.262 e. The number of piperidine rings is 1. The lowest BCUT2D eigenvalue weighted by atomic mass is 9.88. The summed E-state index contributed by atoms with van der Waals surface area (Å²) < 4.78 is 34.8. The van der Waals surface area contributed by atoms with Gasteiger partial charge in [0.15, 0.2) is 5.03 Å². The zero-order valence-electron chi connectivity index (χ0n) is 14.2. The van der Waals surface area contributed by atoms with Gasteiger partial charge in [0.2, 0.25) is 0 Å². The van der Waals surface area contributed by atoms with Crippen molar-refractivity contribution in [3.63, 3.8) is 0 Å². The molecule has 1 aromatic rings. The highest BCUT2D eigenvalue weighted by atomic mass is 32.2. The summed E-state index contributed by atoms with van der Waals surface area (Å²) >= 11 is 0. The van der Waals surface area contributed by atoms with Gasteiger partial charge in [-0.05, 0) is 45.2 Å². The number of hydrogen-bond acceptors (Lipinski definition) is 5. The van der Waals surface area contributed by atoms with Crippen molar-refractivity contribution in [2.75, 3.05) is 32.8 Å². The van der Waals surface area contributed by atoms with Gasteiger partial charge in [0.05, 0.1) is 18.5 Å². The minimum Gasteiger partial charge on any atom is -0.373 e. The molecule has 1 spiro atoms. The molecule has 3 aliphatic heterocycles. The fraction of sp³-hybridized carbons (Fsp3) is 0.812. The van der Waals surface area contributed by atoms with E-state index in [1.54, 1.807) is 22.1 Å². The van der Waals surface area contributed by atoms with Crippen LogP contribution in [0.2, 0.25) is 0 Å². The number of nitrogens with zero attached hydrogens (tertiary/aromatic N) is 4. The molecule has 7 nitrogen and oxygen atoms in total. The Kier molecular flexibility index (Phi) is 4.19. The third kappa shape index (κ3) is 2.89. The van der Waals surface area contributed by atoms with Crippen molar-refractivity contribution in [1.82, 2.24) is 18.8 Å². The lowest BCUT2D eigenvalue weighted by Crippen LogP contribution is -2.47. The zero-order chi connectivity index (χ0) is 16.8. The standard InChI is InChI=1S/C16H26N4O3S/c1-18-11-15(17-13-18)24(21,22)20-8-4-16(5-9-20)10-14(12-23-16)19-6-2-3-7-19/h11,13-14H,2-10,12H2,1H3/t14-/m0/s1. The molecule has 4 heterocycles. The normalized spacial score (nSPS) is 28.8. The van der Waals surface area contributed by atoms with E-state index in [1.165, 1.54) is 32.3 Å². The Morgan fingerprint density at radius 2 is 1.92 bits per heavy atom. The summed E-state index contributed by atoms with van der Waals surface area (Å²) in [5, 5.41) is 0.142. The van der Waals surface area contributed by atoms with Gasteiger partial charge in [0.1, 0.15) is 0 Å². The molecule has 3 saturated heterocycles. The molecule has 4 rings (SSSR count). The molecule has 0 unspecified atom stereocenters. The summed E-state index contributed by atoms with van der Waals surface area (Å²) in [5.41, 5.74) is -0.122. The largest absolute Gasteiger partial charge is 0.373 e. The van der Waals surface area contributed by atoms with Gasteiger partial charge < -0.3 is 9.30 Å². The van der Waals surface area contributed by atoms with E-state index in [0.717, 1.165) is 25.9 Å². The Hall–Kier alpha value is -0.960.